The van der Waals surface area contributed by atoms with Crippen molar-refractivity contribution in [2.45, 2.75) is 6.92 Å². The summed E-state index contributed by atoms with van der Waals surface area (Å²) in [7, 11) is 0. The quantitative estimate of drug-likeness (QED) is 0.680. The standard InChI is InChI=1S/C15H11NO3.ClH/c1-9-5-12(13-3-2-4-17-13)16-11-7-15-14(6-10(9)11)18-8-19-15;/h2-7H,8H2,1H3;1H. The van der Waals surface area contributed by atoms with Gasteiger partial charge in [0.2, 0.25) is 6.79 Å². The zero-order valence-corrected chi connectivity index (χ0v) is 11.6. The minimum absolute atomic E-state index is 0. The number of rotatable bonds is 1. The summed E-state index contributed by atoms with van der Waals surface area (Å²) in [5.74, 6) is 2.29. The van der Waals surface area contributed by atoms with E-state index >= 15 is 0 Å². The Morgan fingerprint density at radius 1 is 1.10 bits per heavy atom. The fourth-order valence-corrected chi connectivity index (χ4v) is 2.33. The van der Waals surface area contributed by atoms with Crippen LogP contribution in [0.1, 0.15) is 5.56 Å². The van der Waals surface area contributed by atoms with E-state index in [4.69, 9.17) is 13.9 Å². The third-order valence-corrected chi connectivity index (χ3v) is 3.28. The van der Waals surface area contributed by atoms with Crippen LogP contribution < -0.4 is 9.47 Å². The monoisotopic (exact) mass is 289 g/mol. The van der Waals surface area contributed by atoms with E-state index in [1.54, 1.807) is 6.26 Å². The van der Waals surface area contributed by atoms with E-state index < -0.39 is 0 Å². The second-order valence-corrected chi connectivity index (χ2v) is 4.52. The van der Waals surface area contributed by atoms with Gasteiger partial charge in [-0.1, -0.05) is 0 Å². The molecular formula is C15H12ClNO3. The SMILES string of the molecule is Cc1cc(-c2ccco2)nc2cc3c(cc12)OCO3.Cl. The molecule has 0 bridgehead atoms. The molecule has 2 aromatic heterocycles. The van der Waals surface area contributed by atoms with E-state index in [0.717, 1.165) is 39.4 Å². The van der Waals surface area contributed by atoms with Gasteiger partial charge in [0.25, 0.3) is 0 Å². The van der Waals surface area contributed by atoms with Crippen LogP contribution in [0.5, 0.6) is 11.5 Å². The van der Waals surface area contributed by atoms with Crippen molar-refractivity contribution in [2.24, 2.45) is 0 Å². The minimum atomic E-state index is 0. The number of fused-ring (bicyclic) bond motifs is 2. The summed E-state index contributed by atoms with van der Waals surface area (Å²) >= 11 is 0. The van der Waals surface area contributed by atoms with E-state index in [1.807, 2.05) is 30.3 Å². The number of aromatic nitrogens is 1. The van der Waals surface area contributed by atoms with Gasteiger partial charge >= 0.3 is 0 Å². The number of furan rings is 1. The molecule has 0 N–H and O–H groups in total. The van der Waals surface area contributed by atoms with Crippen LogP contribution in [0.3, 0.4) is 0 Å². The molecule has 0 saturated carbocycles. The van der Waals surface area contributed by atoms with E-state index in [0.29, 0.717) is 0 Å². The molecule has 0 aliphatic carbocycles. The lowest BCUT2D eigenvalue weighted by atomic mass is 10.1. The number of nitrogens with zero attached hydrogens (tertiary/aromatic N) is 1. The molecule has 0 spiro atoms. The number of benzene rings is 1. The molecule has 3 aromatic rings. The fraction of sp³-hybridized carbons (Fsp3) is 0.133. The average molecular weight is 290 g/mol. The Bertz CT molecular complexity index is 768. The van der Waals surface area contributed by atoms with E-state index in [9.17, 15) is 0 Å². The lowest BCUT2D eigenvalue weighted by Crippen LogP contribution is -1.92. The molecule has 0 radical (unpaired) electrons. The molecule has 0 amide bonds. The summed E-state index contributed by atoms with van der Waals surface area (Å²) in [6.45, 7) is 2.33. The molecule has 1 aliphatic rings. The molecule has 1 aliphatic heterocycles. The molecular weight excluding hydrogens is 278 g/mol. The van der Waals surface area contributed by atoms with Crippen molar-refractivity contribution in [3.05, 3.63) is 42.2 Å². The van der Waals surface area contributed by atoms with Gasteiger partial charge in [0.05, 0.1) is 11.8 Å². The molecule has 0 saturated heterocycles. The summed E-state index contributed by atoms with van der Waals surface area (Å²) in [4.78, 5) is 4.63. The van der Waals surface area contributed by atoms with Crippen molar-refractivity contribution in [3.8, 4) is 23.0 Å². The molecule has 3 heterocycles. The molecule has 20 heavy (non-hydrogen) atoms. The average Bonchev–Trinajstić information content (AvgIpc) is 3.07. The molecule has 0 unspecified atom stereocenters. The van der Waals surface area contributed by atoms with Crippen molar-refractivity contribution >= 4 is 23.3 Å². The third kappa shape index (κ3) is 1.89. The maximum Gasteiger partial charge on any atom is 0.231 e. The van der Waals surface area contributed by atoms with Crippen molar-refractivity contribution < 1.29 is 13.9 Å². The number of ether oxygens (including phenoxy) is 2. The summed E-state index contributed by atoms with van der Waals surface area (Å²) in [6, 6.07) is 9.67. The van der Waals surface area contributed by atoms with Crippen LogP contribution in [0.25, 0.3) is 22.4 Å². The first kappa shape index (κ1) is 12.8. The summed E-state index contributed by atoms with van der Waals surface area (Å²) in [5, 5.41) is 1.07. The third-order valence-electron chi connectivity index (χ3n) is 3.28. The normalized spacial score (nSPS) is 12.4. The topological polar surface area (TPSA) is 44.5 Å². The van der Waals surface area contributed by atoms with Gasteiger partial charge in [-0.15, -0.1) is 12.4 Å². The minimum Gasteiger partial charge on any atom is -0.463 e. The van der Waals surface area contributed by atoms with Crippen LogP contribution in [0.15, 0.2) is 41.0 Å². The van der Waals surface area contributed by atoms with Crippen molar-refractivity contribution in [1.82, 2.24) is 4.98 Å². The number of aryl methyl sites for hydroxylation is 1. The highest BCUT2D eigenvalue weighted by atomic mass is 35.5. The maximum atomic E-state index is 5.40. The van der Waals surface area contributed by atoms with Crippen LogP contribution in [0, 0.1) is 6.92 Å². The largest absolute Gasteiger partial charge is 0.463 e. The molecule has 4 nitrogen and oxygen atoms in total. The number of hydrogen-bond donors (Lipinski definition) is 0. The van der Waals surface area contributed by atoms with Crippen LogP contribution in [0.2, 0.25) is 0 Å². The van der Waals surface area contributed by atoms with E-state index in [2.05, 4.69) is 11.9 Å². The summed E-state index contributed by atoms with van der Waals surface area (Å²) in [5.41, 5.74) is 2.85. The maximum absolute atomic E-state index is 5.40. The van der Waals surface area contributed by atoms with Crippen molar-refractivity contribution in [1.29, 1.82) is 0 Å². The lowest BCUT2D eigenvalue weighted by Gasteiger charge is -2.06. The highest BCUT2D eigenvalue weighted by Crippen LogP contribution is 2.37. The number of pyridine rings is 1. The van der Waals surface area contributed by atoms with Crippen LogP contribution in [-0.4, -0.2) is 11.8 Å². The van der Waals surface area contributed by atoms with Crippen LogP contribution >= 0.6 is 12.4 Å². The summed E-state index contributed by atoms with van der Waals surface area (Å²) < 4.78 is 16.2. The second kappa shape index (κ2) is 4.72. The molecule has 1 aromatic carbocycles. The Morgan fingerprint density at radius 2 is 1.90 bits per heavy atom. The first-order valence-corrected chi connectivity index (χ1v) is 6.06. The van der Waals surface area contributed by atoms with Gasteiger partial charge in [0.15, 0.2) is 17.3 Å². The number of hydrogen-bond acceptors (Lipinski definition) is 4. The Kier molecular flexibility index (Phi) is 3.03. The Morgan fingerprint density at radius 3 is 2.65 bits per heavy atom. The summed E-state index contributed by atoms with van der Waals surface area (Å²) in [6.07, 6.45) is 1.65. The zero-order valence-electron chi connectivity index (χ0n) is 10.8. The molecule has 0 fully saturated rings. The van der Waals surface area contributed by atoms with Gasteiger partial charge in [0, 0.05) is 11.5 Å². The van der Waals surface area contributed by atoms with Crippen molar-refractivity contribution in [2.75, 3.05) is 6.79 Å². The van der Waals surface area contributed by atoms with Gasteiger partial charge in [-0.3, -0.25) is 0 Å². The molecule has 5 heteroatoms. The molecule has 4 rings (SSSR count). The molecule has 102 valence electrons. The first-order chi connectivity index (χ1) is 9.31. The fourth-order valence-electron chi connectivity index (χ4n) is 2.33. The Labute approximate surface area is 121 Å². The molecule has 0 atom stereocenters. The zero-order chi connectivity index (χ0) is 12.8. The van der Waals surface area contributed by atoms with Gasteiger partial charge < -0.3 is 13.9 Å². The van der Waals surface area contributed by atoms with E-state index in [1.165, 1.54) is 0 Å². The predicted molar refractivity (Wildman–Crippen MR) is 77.6 cm³/mol. The second-order valence-electron chi connectivity index (χ2n) is 4.52. The van der Waals surface area contributed by atoms with Gasteiger partial charge in [0.1, 0.15) is 5.69 Å². The van der Waals surface area contributed by atoms with Gasteiger partial charge in [-0.2, -0.15) is 0 Å². The Balaban J connectivity index is 0.00000121. The lowest BCUT2D eigenvalue weighted by molar-refractivity contribution is 0.174. The van der Waals surface area contributed by atoms with Gasteiger partial charge in [-0.25, -0.2) is 4.98 Å². The number of halogens is 1. The highest BCUT2D eigenvalue weighted by Gasteiger charge is 2.16. The highest BCUT2D eigenvalue weighted by molar-refractivity contribution is 5.87. The predicted octanol–water partition coefficient (Wildman–Crippen LogP) is 3.95. The van der Waals surface area contributed by atoms with Crippen LogP contribution in [0.4, 0.5) is 0 Å². The Hall–Kier alpha value is -2.20. The van der Waals surface area contributed by atoms with E-state index in [-0.39, 0.29) is 19.2 Å². The first-order valence-electron chi connectivity index (χ1n) is 6.06. The van der Waals surface area contributed by atoms with Crippen LogP contribution in [-0.2, 0) is 0 Å². The van der Waals surface area contributed by atoms with Crippen molar-refractivity contribution in [3.63, 3.8) is 0 Å². The van der Waals surface area contributed by atoms with Gasteiger partial charge in [-0.05, 0) is 36.8 Å². The smallest absolute Gasteiger partial charge is 0.231 e.